The Bertz CT molecular complexity index is 375. The monoisotopic (exact) mass is 247 g/mol. The van der Waals surface area contributed by atoms with Crippen molar-refractivity contribution in [2.45, 2.75) is 31.5 Å². The maximum absolute atomic E-state index is 11.9. The van der Waals surface area contributed by atoms with Crippen LogP contribution in [0.5, 0.6) is 0 Å². The second kappa shape index (κ2) is 6.66. The van der Waals surface area contributed by atoms with Gasteiger partial charge in [-0.05, 0) is 25.7 Å². The number of benzene rings is 1. The molecule has 0 amide bonds. The molecule has 1 saturated carbocycles. The molecule has 2 atom stereocenters. The van der Waals surface area contributed by atoms with Crippen LogP contribution in [0, 0.1) is 6.42 Å². The maximum Gasteiger partial charge on any atom is 0.188 e. The molecule has 0 aliphatic heterocycles. The van der Waals surface area contributed by atoms with Crippen LogP contribution in [-0.2, 0) is 9.47 Å². The van der Waals surface area contributed by atoms with Gasteiger partial charge in [-0.2, -0.15) is 0 Å². The fourth-order valence-electron chi connectivity index (χ4n) is 2.23. The number of hydrogen-bond acceptors (Lipinski definition) is 3. The normalized spacial score (nSPS) is 23.8. The topological polar surface area (TPSA) is 35.5 Å². The molecule has 1 fully saturated rings. The molecule has 2 rings (SSSR count). The number of carbonyl (C=O) groups excluding carboxylic acids is 1. The Labute approximate surface area is 108 Å². The third kappa shape index (κ3) is 3.40. The van der Waals surface area contributed by atoms with E-state index in [1.54, 1.807) is 7.11 Å². The number of ketones is 1. The van der Waals surface area contributed by atoms with Crippen molar-refractivity contribution >= 4 is 5.78 Å². The van der Waals surface area contributed by atoms with Gasteiger partial charge in [0.25, 0.3) is 0 Å². The molecule has 0 spiro atoms. The third-order valence-electron chi connectivity index (χ3n) is 3.30. The summed E-state index contributed by atoms with van der Waals surface area (Å²) in [6.45, 7) is 0.133. The average molecular weight is 247 g/mol. The van der Waals surface area contributed by atoms with Crippen LogP contribution >= 0.6 is 0 Å². The predicted octanol–water partition coefficient (Wildman–Crippen LogP) is 2.66. The van der Waals surface area contributed by atoms with Crippen LogP contribution in [0.15, 0.2) is 30.3 Å². The predicted molar refractivity (Wildman–Crippen MR) is 69.5 cm³/mol. The number of carbonyl (C=O) groups is 1. The summed E-state index contributed by atoms with van der Waals surface area (Å²) in [5.74, 6) is 0.0278. The SMILES string of the molecule is COC1C[CH]CCC1OCC(=O)c1ccccc1. The molecule has 2 unspecified atom stereocenters. The van der Waals surface area contributed by atoms with E-state index in [1.165, 1.54) is 0 Å². The van der Waals surface area contributed by atoms with Crippen molar-refractivity contribution in [1.29, 1.82) is 0 Å². The largest absolute Gasteiger partial charge is 0.379 e. The first kappa shape index (κ1) is 13.2. The van der Waals surface area contributed by atoms with Crippen molar-refractivity contribution in [2.75, 3.05) is 13.7 Å². The first-order valence-corrected chi connectivity index (χ1v) is 6.35. The van der Waals surface area contributed by atoms with Crippen molar-refractivity contribution in [1.82, 2.24) is 0 Å². The van der Waals surface area contributed by atoms with Gasteiger partial charge >= 0.3 is 0 Å². The van der Waals surface area contributed by atoms with E-state index < -0.39 is 0 Å². The molecule has 1 aliphatic rings. The molecular weight excluding hydrogens is 228 g/mol. The molecule has 1 radical (unpaired) electrons. The van der Waals surface area contributed by atoms with Crippen molar-refractivity contribution < 1.29 is 14.3 Å². The minimum atomic E-state index is 0.0278. The summed E-state index contributed by atoms with van der Waals surface area (Å²) in [6.07, 6.45) is 5.20. The summed E-state index contributed by atoms with van der Waals surface area (Å²) < 4.78 is 11.1. The quantitative estimate of drug-likeness (QED) is 0.750. The molecule has 0 saturated heterocycles. The number of hydrogen-bond donors (Lipinski definition) is 0. The molecule has 0 bridgehead atoms. The number of Topliss-reactive ketones (excluding diaryl/α,β-unsaturated/α-hetero) is 1. The van der Waals surface area contributed by atoms with Crippen LogP contribution < -0.4 is 0 Å². The van der Waals surface area contributed by atoms with E-state index in [2.05, 4.69) is 6.42 Å². The Morgan fingerprint density at radius 1 is 1.28 bits per heavy atom. The van der Waals surface area contributed by atoms with Crippen molar-refractivity contribution in [2.24, 2.45) is 0 Å². The lowest BCUT2D eigenvalue weighted by atomic mass is 9.94. The number of rotatable bonds is 5. The highest BCUT2D eigenvalue weighted by molar-refractivity contribution is 5.97. The van der Waals surface area contributed by atoms with Gasteiger partial charge in [0, 0.05) is 12.7 Å². The van der Waals surface area contributed by atoms with E-state index in [-0.39, 0.29) is 24.6 Å². The summed E-state index contributed by atoms with van der Waals surface area (Å²) >= 11 is 0. The minimum Gasteiger partial charge on any atom is -0.379 e. The van der Waals surface area contributed by atoms with Crippen LogP contribution in [0.2, 0.25) is 0 Å². The molecular formula is C15H19O3. The van der Waals surface area contributed by atoms with Gasteiger partial charge < -0.3 is 9.47 Å². The van der Waals surface area contributed by atoms with Crippen LogP contribution in [0.25, 0.3) is 0 Å². The fraction of sp³-hybridized carbons (Fsp3) is 0.467. The summed E-state index contributed by atoms with van der Waals surface area (Å²) in [6, 6.07) is 9.25. The number of methoxy groups -OCH3 is 1. The van der Waals surface area contributed by atoms with Crippen molar-refractivity contribution in [3.8, 4) is 0 Å². The summed E-state index contributed by atoms with van der Waals surface area (Å²) in [5.41, 5.74) is 0.703. The second-order valence-electron chi connectivity index (χ2n) is 4.51. The van der Waals surface area contributed by atoms with E-state index in [0.29, 0.717) is 5.56 Å². The van der Waals surface area contributed by atoms with E-state index in [9.17, 15) is 4.79 Å². The molecule has 97 valence electrons. The summed E-state index contributed by atoms with van der Waals surface area (Å²) in [5, 5.41) is 0. The van der Waals surface area contributed by atoms with Gasteiger partial charge in [-0.25, -0.2) is 0 Å². The van der Waals surface area contributed by atoms with Crippen LogP contribution in [-0.4, -0.2) is 31.7 Å². The molecule has 3 heteroatoms. The zero-order chi connectivity index (χ0) is 12.8. The summed E-state index contributed by atoms with van der Waals surface area (Å²) in [7, 11) is 1.69. The lowest BCUT2D eigenvalue weighted by molar-refractivity contribution is -0.0619. The van der Waals surface area contributed by atoms with Crippen LogP contribution in [0.3, 0.4) is 0 Å². The molecule has 0 heterocycles. The Kier molecular flexibility index (Phi) is 4.90. The zero-order valence-corrected chi connectivity index (χ0v) is 10.7. The van der Waals surface area contributed by atoms with Crippen molar-refractivity contribution in [3.05, 3.63) is 42.3 Å². The van der Waals surface area contributed by atoms with Gasteiger partial charge in [-0.15, -0.1) is 0 Å². The minimum absolute atomic E-state index is 0.0278. The maximum atomic E-state index is 11.9. The average Bonchev–Trinajstić information content (AvgIpc) is 2.46. The van der Waals surface area contributed by atoms with E-state index in [0.717, 1.165) is 19.3 Å². The van der Waals surface area contributed by atoms with Gasteiger partial charge in [0.1, 0.15) is 6.61 Å². The van der Waals surface area contributed by atoms with Crippen molar-refractivity contribution in [3.63, 3.8) is 0 Å². The van der Waals surface area contributed by atoms with Crippen LogP contribution in [0.4, 0.5) is 0 Å². The molecule has 18 heavy (non-hydrogen) atoms. The van der Waals surface area contributed by atoms with Gasteiger partial charge in [-0.3, -0.25) is 4.79 Å². The van der Waals surface area contributed by atoms with Gasteiger partial charge in [0.05, 0.1) is 12.2 Å². The highest BCUT2D eigenvalue weighted by atomic mass is 16.5. The van der Waals surface area contributed by atoms with E-state index >= 15 is 0 Å². The van der Waals surface area contributed by atoms with Crippen LogP contribution in [0.1, 0.15) is 29.6 Å². The smallest absolute Gasteiger partial charge is 0.188 e. The second-order valence-corrected chi connectivity index (χ2v) is 4.51. The molecule has 3 nitrogen and oxygen atoms in total. The Morgan fingerprint density at radius 3 is 2.78 bits per heavy atom. The Morgan fingerprint density at radius 2 is 2.06 bits per heavy atom. The van der Waals surface area contributed by atoms with E-state index in [4.69, 9.17) is 9.47 Å². The lowest BCUT2D eigenvalue weighted by Gasteiger charge is -2.29. The van der Waals surface area contributed by atoms with E-state index in [1.807, 2.05) is 30.3 Å². The molecule has 0 N–H and O–H groups in total. The highest BCUT2D eigenvalue weighted by Crippen LogP contribution is 2.22. The zero-order valence-electron chi connectivity index (χ0n) is 10.7. The molecule has 1 aliphatic carbocycles. The molecule has 0 aromatic heterocycles. The van der Waals surface area contributed by atoms with Gasteiger partial charge in [-0.1, -0.05) is 30.3 Å². The first-order valence-electron chi connectivity index (χ1n) is 6.35. The molecule has 1 aromatic rings. The molecule has 1 aromatic carbocycles. The van der Waals surface area contributed by atoms with Gasteiger partial charge in [0.2, 0.25) is 0 Å². The fourth-order valence-corrected chi connectivity index (χ4v) is 2.23. The third-order valence-corrected chi connectivity index (χ3v) is 3.30. The number of ether oxygens (including phenoxy) is 2. The summed E-state index contributed by atoms with van der Waals surface area (Å²) in [4.78, 5) is 11.9. The highest BCUT2D eigenvalue weighted by Gasteiger charge is 2.26. The first-order chi connectivity index (χ1) is 8.81. The Hall–Kier alpha value is -1.19. The lowest BCUT2D eigenvalue weighted by Crippen LogP contribution is -2.35. The van der Waals surface area contributed by atoms with Gasteiger partial charge in [0.15, 0.2) is 5.78 Å². The standard InChI is InChI=1S/C15H19O3/c1-17-14-9-5-6-10-15(14)18-11-13(16)12-7-3-2-4-8-12/h2-5,7-8,14-15H,6,9-11H2,1H3. The Balaban J connectivity index is 1.85.